The van der Waals surface area contributed by atoms with E-state index >= 15 is 0 Å². The Hall–Kier alpha value is -3.41. The molecule has 5 rings (SSSR count). The Balaban J connectivity index is 1.66. The van der Waals surface area contributed by atoms with Gasteiger partial charge in [0.1, 0.15) is 5.60 Å². The van der Waals surface area contributed by atoms with Crippen LogP contribution in [0, 0.1) is 0 Å². The summed E-state index contributed by atoms with van der Waals surface area (Å²) in [5.74, 6) is 0. The number of ether oxygens (including phenoxy) is 1. The first-order chi connectivity index (χ1) is 17.9. The number of hydrogen-bond donors (Lipinski definition) is 1. The normalized spacial score (nSPS) is 16.5. The minimum Gasteiger partial charge on any atom is -0.444 e. The van der Waals surface area contributed by atoms with Crippen molar-refractivity contribution >= 4 is 17.4 Å². The molecule has 0 radical (unpaired) electrons. The van der Waals surface area contributed by atoms with Gasteiger partial charge in [0.15, 0.2) is 0 Å². The van der Waals surface area contributed by atoms with Crippen molar-refractivity contribution in [1.82, 2.24) is 10.2 Å². The lowest BCUT2D eigenvalue weighted by Crippen LogP contribution is -2.51. The first-order valence-electron chi connectivity index (χ1n) is 12.9. The molecule has 0 saturated carbocycles. The summed E-state index contributed by atoms with van der Waals surface area (Å²) >= 11 is 1.76. The number of benzene rings is 3. The molecule has 1 N–H and O–H groups in total. The van der Waals surface area contributed by atoms with Crippen LogP contribution in [-0.4, -0.2) is 29.7 Å². The molecule has 4 aromatic rings. The number of nitrogens with one attached hydrogen (secondary N) is 1. The summed E-state index contributed by atoms with van der Waals surface area (Å²) in [5, 5.41) is 5.35. The zero-order valence-corrected chi connectivity index (χ0v) is 22.5. The van der Waals surface area contributed by atoms with Crippen molar-refractivity contribution in [1.29, 1.82) is 0 Å². The molecule has 5 heteroatoms. The van der Waals surface area contributed by atoms with Gasteiger partial charge < -0.3 is 10.1 Å². The van der Waals surface area contributed by atoms with Crippen molar-refractivity contribution < 1.29 is 9.53 Å². The van der Waals surface area contributed by atoms with Gasteiger partial charge in [0.05, 0.1) is 11.6 Å². The van der Waals surface area contributed by atoms with Crippen molar-refractivity contribution in [3.63, 3.8) is 0 Å². The molecule has 1 aliphatic rings. The van der Waals surface area contributed by atoms with Crippen LogP contribution in [0.25, 0.3) is 0 Å². The number of thiophene rings is 1. The van der Waals surface area contributed by atoms with Crippen LogP contribution in [0.3, 0.4) is 0 Å². The third-order valence-corrected chi connectivity index (χ3v) is 7.90. The first-order valence-corrected chi connectivity index (χ1v) is 13.7. The second-order valence-electron chi connectivity index (χ2n) is 10.5. The molecule has 1 aliphatic heterocycles. The minimum absolute atomic E-state index is 0.200. The standard InChI is InChI=1S/C32H34N2O2S/c1-31(2,3)36-30(35)33-28-23-34(21-19-29-27(28)20-22-37-29)32(24-13-7-4-8-14-24,25-15-9-5-10-16-25)26-17-11-6-12-18-26/h4-18,20,22,28H,19,21,23H2,1-3H3,(H,33,35). The molecule has 3 aromatic carbocycles. The Labute approximate surface area is 223 Å². The number of alkyl carbamates (subject to hydrolysis) is 1. The summed E-state index contributed by atoms with van der Waals surface area (Å²) in [7, 11) is 0. The van der Waals surface area contributed by atoms with E-state index in [1.165, 1.54) is 27.1 Å². The molecule has 0 spiro atoms. The molecule has 1 unspecified atom stereocenters. The number of amides is 1. The van der Waals surface area contributed by atoms with E-state index in [1.807, 2.05) is 20.8 Å². The van der Waals surface area contributed by atoms with Gasteiger partial charge in [-0.25, -0.2) is 4.79 Å². The maximum absolute atomic E-state index is 13.0. The summed E-state index contributed by atoms with van der Waals surface area (Å²) in [5.41, 5.74) is 3.69. The largest absolute Gasteiger partial charge is 0.444 e. The third kappa shape index (κ3) is 5.20. The molecule has 37 heavy (non-hydrogen) atoms. The van der Waals surface area contributed by atoms with Crippen molar-refractivity contribution in [2.24, 2.45) is 0 Å². The van der Waals surface area contributed by atoms with E-state index in [1.54, 1.807) is 11.3 Å². The number of carbonyl (C=O) groups excluding carboxylic acids is 1. The lowest BCUT2D eigenvalue weighted by molar-refractivity contribution is 0.0477. The maximum Gasteiger partial charge on any atom is 0.408 e. The molecular formula is C32H34N2O2S. The van der Waals surface area contributed by atoms with Crippen molar-refractivity contribution in [2.75, 3.05) is 13.1 Å². The molecule has 2 heterocycles. The average molecular weight is 511 g/mol. The fourth-order valence-corrected chi connectivity index (χ4v) is 6.41. The highest BCUT2D eigenvalue weighted by Gasteiger charge is 2.44. The van der Waals surface area contributed by atoms with E-state index in [9.17, 15) is 4.79 Å². The van der Waals surface area contributed by atoms with Crippen LogP contribution < -0.4 is 5.32 Å². The molecule has 4 nitrogen and oxygen atoms in total. The lowest BCUT2D eigenvalue weighted by atomic mass is 9.75. The zero-order chi connectivity index (χ0) is 25.9. The molecule has 1 atom stereocenters. The van der Waals surface area contributed by atoms with E-state index in [0.717, 1.165) is 13.0 Å². The summed E-state index contributed by atoms with van der Waals surface area (Å²) in [6.45, 7) is 7.17. The second kappa shape index (κ2) is 10.5. The fraction of sp³-hybridized carbons (Fsp3) is 0.281. The quantitative estimate of drug-likeness (QED) is 0.290. The van der Waals surface area contributed by atoms with Gasteiger partial charge in [-0.15, -0.1) is 11.3 Å². The van der Waals surface area contributed by atoms with Gasteiger partial charge in [-0.1, -0.05) is 91.0 Å². The minimum atomic E-state index is -0.562. The van der Waals surface area contributed by atoms with Crippen LogP contribution in [0.5, 0.6) is 0 Å². The topological polar surface area (TPSA) is 41.6 Å². The van der Waals surface area contributed by atoms with Crippen LogP contribution in [0.15, 0.2) is 102 Å². The van der Waals surface area contributed by atoms with Crippen LogP contribution in [0.4, 0.5) is 4.79 Å². The predicted molar refractivity (Wildman–Crippen MR) is 151 cm³/mol. The molecular weight excluding hydrogens is 476 g/mol. The van der Waals surface area contributed by atoms with Crippen LogP contribution >= 0.6 is 11.3 Å². The number of hydrogen-bond acceptors (Lipinski definition) is 4. The SMILES string of the molecule is CC(C)(C)OC(=O)NC1CN(C(c2ccccc2)(c2ccccc2)c2ccccc2)CCc2sccc21. The van der Waals surface area contributed by atoms with Crippen LogP contribution in [0.1, 0.15) is 53.9 Å². The lowest BCUT2D eigenvalue weighted by Gasteiger charge is -2.46. The van der Waals surface area contributed by atoms with Gasteiger partial charge in [0, 0.05) is 18.0 Å². The Morgan fingerprint density at radius 3 is 1.84 bits per heavy atom. The molecule has 0 fully saturated rings. The van der Waals surface area contributed by atoms with Gasteiger partial charge in [0.2, 0.25) is 0 Å². The molecule has 0 bridgehead atoms. The van der Waals surface area contributed by atoms with Gasteiger partial charge in [-0.3, -0.25) is 4.90 Å². The number of rotatable bonds is 5. The fourth-order valence-electron chi connectivity index (χ4n) is 5.47. The highest BCUT2D eigenvalue weighted by atomic mass is 32.1. The van der Waals surface area contributed by atoms with Crippen LogP contribution in [0.2, 0.25) is 0 Å². The van der Waals surface area contributed by atoms with Gasteiger partial charge in [-0.2, -0.15) is 0 Å². The predicted octanol–water partition coefficient (Wildman–Crippen LogP) is 7.16. The number of nitrogens with zero attached hydrogens (tertiary/aromatic N) is 1. The highest BCUT2D eigenvalue weighted by Crippen LogP contribution is 2.44. The van der Waals surface area contributed by atoms with Gasteiger partial charge in [-0.05, 0) is 60.9 Å². The Bertz CT molecular complexity index is 1220. The summed E-state index contributed by atoms with van der Waals surface area (Å²) in [4.78, 5) is 16.8. The smallest absolute Gasteiger partial charge is 0.408 e. The average Bonchev–Trinajstić information content (AvgIpc) is 3.30. The number of carbonyl (C=O) groups is 1. The molecule has 1 aromatic heterocycles. The molecule has 1 amide bonds. The van der Waals surface area contributed by atoms with E-state index in [4.69, 9.17) is 4.74 Å². The molecule has 0 aliphatic carbocycles. The summed E-state index contributed by atoms with van der Waals surface area (Å²) < 4.78 is 5.68. The second-order valence-corrected chi connectivity index (χ2v) is 11.5. The van der Waals surface area contributed by atoms with Gasteiger partial charge in [0.25, 0.3) is 0 Å². The number of fused-ring (bicyclic) bond motifs is 1. The summed E-state index contributed by atoms with van der Waals surface area (Å²) in [6, 6.07) is 34.1. The highest BCUT2D eigenvalue weighted by molar-refractivity contribution is 7.10. The molecule has 190 valence electrons. The first kappa shape index (κ1) is 25.2. The maximum atomic E-state index is 13.0. The van der Waals surface area contributed by atoms with E-state index in [2.05, 4.69) is 113 Å². The third-order valence-electron chi connectivity index (χ3n) is 6.91. The monoisotopic (exact) mass is 510 g/mol. The van der Waals surface area contributed by atoms with E-state index < -0.39 is 11.1 Å². The summed E-state index contributed by atoms with van der Waals surface area (Å²) in [6.07, 6.45) is 0.523. The van der Waals surface area contributed by atoms with E-state index in [-0.39, 0.29) is 12.1 Å². The Morgan fingerprint density at radius 1 is 0.838 bits per heavy atom. The Kier molecular flexibility index (Phi) is 7.18. The van der Waals surface area contributed by atoms with Crippen molar-refractivity contribution in [2.45, 2.75) is 44.4 Å². The van der Waals surface area contributed by atoms with Crippen molar-refractivity contribution in [3.05, 3.63) is 130 Å². The van der Waals surface area contributed by atoms with Crippen molar-refractivity contribution in [3.8, 4) is 0 Å². The Morgan fingerprint density at radius 2 is 1.35 bits per heavy atom. The van der Waals surface area contributed by atoms with Crippen LogP contribution in [-0.2, 0) is 16.7 Å². The molecule has 0 saturated heterocycles. The van der Waals surface area contributed by atoms with E-state index in [0.29, 0.717) is 6.54 Å². The zero-order valence-electron chi connectivity index (χ0n) is 21.7. The van der Waals surface area contributed by atoms with Gasteiger partial charge >= 0.3 is 6.09 Å².